The minimum Gasteiger partial charge on any atom is -0.381 e. The quantitative estimate of drug-likeness (QED) is 0.425. The van der Waals surface area contributed by atoms with Crippen LogP contribution in [0, 0.1) is 10.1 Å². The Kier molecular flexibility index (Phi) is 2.71. The van der Waals surface area contributed by atoms with Gasteiger partial charge in [-0.05, 0) is 17.7 Å². The third-order valence-electron chi connectivity index (χ3n) is 1.57. The van der Waals surface area contributed by atoms with E-state index >= 15 is 0 Å². The van der Waals surface area contributed by atoms with Crippen molar-refractivity contribution < 1.29 is 14.8 Å². The molecule has 1 rings (SSSR count). The zero-order valence-electron chi connectivity index (χ0n) is 6.58. The molecule has 0 radical (unpaired) electrons. The highest BCUT2D eigenvalue weighted by Crippen LogP contribution is 2.15. The van der Waals surface area contributed by atoms with Crippen LogP contribution in [-0.2, 0) is 4.79 Å². The summed E-state index contributed by atoms with van der Waals surface area (Å²) in [5.74, 6) is 0. The number of hydrogen-bond acceptors (Lipinski definition) is 4. The molecule has 0 heterocycles. The molecule has 0 aliphatic heterocycles. The number of nitrogens with zero attached hydrogens (tertiary/aromatic N) is 1. The molecule has 0 fully saturated rings. The molecule has 1 N–H and O–H groups in total. The van der Waals surface area contributed by atoms with Gasteiger partial charge in [-0.25, -0.2) is 0 Å². The van der Waals surface area contributed by atoms with Crippen LogP contribution in [0.1, 0.15) is 11.7 Å². The summed E-state index contributed by atoms with van der Waals surface area (Å²) in [6.45, 7) is 0. The Hall–Kier alpha value is -1.75. The summed E-state index contributed by atoms with van der Waals surface area (Å²) in [5.41, 5.74) is 0.280. The second-order valence-corrected chi connectivity index (χ2v) is 2.43. The van der Waals surface area contributed by atoms with E-state index in [4.69, 9.17) is 5.11 Å². The van der Waals surface area contributed by atoms with Gasteiger partial charge in [-0.1, -0.05) is 0 Å². The zero-order valence-corrected chi connectivity index (χ0v) is 6.58. The zero-order chi connectivity index (χ0) is 9.84. The molecule has 5 nitrogen and oxygen atoms in total. The molecule has 1 atom stereocenters. The van der Waals surface area contributed by atoms with Crippen molar-refractivity contribution >= 4 is 12.0 Å². The van der Waals surface area contributed by atoms with Crippen molar-refractivity contribution in [2.24, 2.45) is 0 Å². The van der Waals surface area contributed by atoms with Gasteiger partial charge in [-0.15, -0.1) is 0 Å². The summed E-state index contributed by atoms with van der Waals surface area (Å²) in [6.07, 6.45) is -0.845. The van der Waals surface area contributed by atoms with Gasteiger partial charge in [0.25, 0.3) is 5.69 Å². The molecule has 68 valence electrons. The molecule has 0 spiro atoms. The van der Waals surface area contributed by atoms with E-state index in [0.717, 1.165) is 0 Å². The van der Waals surface area contributed by atoms with Crippen LogP contribution in [0.4, 0.5) is 5.69 Å². The van der Waals surface area contributed by atoms with Crippen LogP contribution >= 0.6 is 0 Å². The standard InChI is InChI=1S/C8H7NO4/c10-5-8(11)6-1-3-7(4-2-6)9(12)13/h1-5,8,11H. The van der Waals surface area contributed by atoms with E-state index in [1.807, 2.05) is 0 Å². The maximum absolute atomic E-state index is 10.2. The highest BCUT2D eigenvalue weighted by Gasteiger charge is 2.08. The number of rotatable bonds is 3. The molecule has 0 bridgehead atoms. The molecule has 0 amide bonds. The fourth-order valence-electron chi connectivity index (χ4n) is 0.872. The number of non-ortho nitro benzene ring substituents is 1. The third-order valence-corrected chi connectivity index (χ3v) is 1.57. The van der Waals surface area contributed by atoms with Gasteiger partial charge >= 0.3 is 0 Å². The molecular formula is C8H7NO4. The third kappa shape index (κ3) is 2.09. The lowest BCUT2D eigenvalue weighted by Crippen LogP contribution is -1.98. The number of hydrogen-bond donors (Lipinski definition) is 1. The van der Waals surface area contributed by atoms with Crippen molar-refractivity contribution in [2.75, 3.05) is 0 Å². The number of carbonyl (C=O) groups excluding carboxylic acids is 1. The largest absolute Gasteiger partial charge is 0.381 e. The van der Waals surface area contributed by atoms with Crippen LogP contribution in [0.5, 0.6) is 0 Å². The van der Waals surface area contributed by atoms with E-state index in [2.05, 4.69) is 0 Å². The number of nitro benzene ring substituents is 1. The first-order valence-electron chi connectivity index (χ1n) is 3.53. The first-order chi connectivity index (χ1) is 6.15. The van der Waals surface area contributed by atoms with Crippen molar-refractivity contribution in [2.45, 2.75) is 6.10 Å². The van der Waals surface area contributed by atoms with E-state index in [9.17, 15) is 14.9 Å². The van der Waals surface area contributed by atoms with Crippen molar-refractivity contribution in [3.05, 3.63) is 39.9 Å². The number of benzene rings is 1. The Balaban J connectivity index is 2.93. The second kappa shape index (κ2) is 3.77. The maximum Gasteiger partial charge on any atom is 0.269 e. The SMILES string of the molecule is O=CC(O)c1ccc([N+](=O)[O-])cc1. The predicted molar refractivity (Wildman–Crippen MR) is 44.1 cm³/mol. The molecule has 1 aromatic rings. The van der Waals surface area contributed by atoms with Crippen LogP contribution in [0.25, 0.3) is 0 Å². The van der Waals surface area contributed by atoms with Gasteiger partial charge in [0.15, 0.2) is 6.29 Å². The fourth-order valence-corrected chi connectivity index (χ4v) is 0.872. The van der Waals surface area contributed by atoms with Crippen molar-refractivity contribution in [1.29, 1.82) is 0 Å². The average molecular weight is 181 g/mol. The van der Waals surface area contributed by atoms with Crippen molar-refractivity contribution in [3.63, 3.8) is 0 Å². The average Bonchev–Trinajstić information content (AvgIpc) is 2.17. The molecule has 1 unspecified atom stereocenters. The number of aliphatic hydroxyl groups excluding tert-OH is 1. The Morgan fingerprint density at radius 1 is 1.38 bits per heavy atom. The van der Waals surface area contributed by atoms with Gasteiger partial charge < -0.3 is 9.90 Å². The predicted octanol–water partition coefficient (Wildman–Crippen LogP) is 0.827. The lowest BCUT2D eigenvalue weighted by atomic mass is 10.1. The molecular weight excluding hydrogens is 174 g/mol. The van der Waals surface area contributed by atoms with Crippen LogP contribution < -0.4 is 0 Å². The first kappa shape index (κ1) is 9.34. The van der Waals surface area contributed by atoms with E-state index in [1.165, 1.54) is 24.3 Å². The van der Waals surface area contributed by atoms with E-state index < -0.39 is 11.0 Å². The molecule has 0 saturated heterocycles. The van der Waals surface area contributed by atoms with Gasteiger partial charge in [0, 0.05) is 12.1 Å². The van der Waals surface area contributed by atoms with Crippen molar-refractivity contribution in [1.82, 2.24) is 0 Å². The highest BCUT2D eigenvalue weighted by atomic mass is 16.6. The minimum absolute atomic E-state index is 0.0677. The highest BCUT2D eigenvalue weighted by molar-refractivity contribution is 5.59. The minimum atomic E-state index is -1.21. The first-order valence-corrected chi connectivity index (χ1v) is 3.53. The maximum atomic E-state index is 10.2. The summed E-state index contributed by atoms with van der Waals surface area (Å²) in [6, 6.07) is 5.17. The summed E-state index contributed by atoms with van der Waals surface area (Å²) < 4.78 is 0. The van der Waals surface area contributed by atoms with Crippen LogP contribution in [-0.4, -0.2) is 16.3 Å². The molecule has 0 aliphatic carbocycles. The number of aldehydes is 1. The van der Waals surface area contributed by atoms with Gasteiger partial charge in [0.05, 0.1) is 4.92 Å². The van der Waals surface area contributed by atoms with Gasteiger partial charge in [0.1, 0.15) is 6.10 Å². The van der Waals surface area contributed by atoms with Crippen LogP contribution in [0.15, 0.2) is 24.3 Å². The molecule has 13 heavy (non-hydrogen) atoms. The van der Waals surface area contributed by atoms with E-state index in [-0.39, 0.29) is 5.69 Å². The summed E-state index contributed by atoms with van der Waals surface area (Å²) >= 11 is 0. The number of nitro groups is 1. The summed E-state index contributed by atoms with van der Waals surface area (Å²) in [4.78, 5) is 19.8. The number of aliphatic hydroxyl groups is 1. The summed E-state index contributed by atoms with van der Waals surface area (Å²) in [5, 5.41) is 19.2. The van der Waals surface area contributed by atoms with Crippen LogP contribution in [0.2, 0.25) is 0 Å². The Bertz CT molecular complexity index is 319. The molecule has 0 aromatic heterocycles. The molecule has 0 aliphatic rings. The number of carbonyl (C=O) groups is 1. The lowest BCUT2D eigenvalue weighted by molar-refractivity contribution is -0.384. The topological polar surface area (TPSA) is 80.4 Å². The van der Waals surface area contributed by atoms with Gasteiger partial charge in [-0.3, -0.25) is 10.1 Å². The molecule has 0 saturated carbocycles. The van der Waals surface area contributed by atoms with E-state index in [0.29, 0.717) is 11.8 Å². The fraction of sp³-hybridized carbons (Fsp3) is 0.125. The monoisotopic (exact) mass is 181 g/mol. The van der Waals surface area contributed by atoms with Crippen LogP contribution in [0.3, 0.4) is 0 Å². The molecule has 1 aromatic carbocycles. The normalized spacial score (nSPS) is 12.1. The Morgan fingerprint density at radius 2 is 1.92 bits per heavy atom. The second-order valence-electron chi connectivity index (χ2n) is 2.43. The van der Waals surface area contributed by atoms with Gasteiger partial charge in [-0.2, -0.15) is 0 Å². The Labute approximate surface area is 73.8 Å². The van der Waals surface area contributed by atoms with Crippen molar-refractivity contribution in [3.8, 4) is 0 Å². The molecule has 5 heteroatoms. The van der Waals surface area contributed by atoms with Gasteiger partial charge in [0.2, 0.25) is 0 Å². The smallest absolute Gasteiger partial charge is 0.269 e. The summed E-state index contributed by atoms with van der Waals surface area (Å²) in [7, 11) is 0. The van der Waals surface area contributed by atoms with E-state index in [1.54, 1.807) is 0 Å². The lowest BCUT2D eigenvalue weighted by Gasteiger charge is -2.01. The Morgan fingerprint density at radius 3 is 2.31 bits per heavy atom.